The van der Waals surface area contributed by atoms with Crippen molar-refractivity contribution in [2.75, 3.05) is 11.9 Å². The smallest absolute Gasteiger partial charge is 0.262 e. The number of nitrogens with zero attached hydrogens (tertiary/aromatic N) is 1. The molecular formula is C25H32N2O2S. The maximum atomic E-state index is 12.6. The van der Waals surface area contributed by atoms with Gasteiger partial charge in [0.05, 0.1) is 5.56 Å². The minimum absolute atomic E-state index is 0.0682. The van der Waals surface area contributed by atoms with Crippen molar-refractivity contribution in [2.45, 2.75) is 66.7 Å². The molecule has 0 aliphatic heterocycles. The first-order chi connectivity index (χ1) is 14.1. The first kappa shape index (κ1) is 22.4. The van der Waals surface area contributed by atoms with E-state index in [2.05, 4.69) is 58.1 Å². The zero-order chi connectivity index (χ0) is 22.1. The van der Waals surface area contributed by atoms with Gasteiger partial charge in [-0.2, -0.15) is 5.26 Å². The molecule has 4 nitrogen and oxygen atoms in total. The summed E-state index contributed by atoms with van der Waals surface area (Å²) < 4.78 is 5.86. The zero-order valence-electron chi connectivity index (χ0n) is 18.9. The van der Waals surface area contributed by atoms with Crippen molar-refractivity contribution >= 4 is 22.2 Å². The predicted octanol–water partition coefficient (Wildman–Crippen LogP) is 6.22. The highest BCUT2D eigenvalue weighted by atomic mass is 32.1. The Hall–Kier alpha value is -2.32. The van der Waals surface area contributed by atoms with Crippen molar-refractivity contribution in [1.29, 1.82) is 5.26 Å². The molecule has 1 amide bonds. The van der Waals surface area contributed by atoms with E-state index in [1.807, 2.05) is 13.0 Å². The van der Waals surface area contributed by atoms with Gasteiger partial charge >= 0.3 is 0 Å². The number of hydrogen-bond donors (Lipinski definition) is 1. The maximum absolute atomic E-state index is 12.6. The summed E-state index contributed by atoms with van der Waals surface area (Å²) in [5.41, 5.74) is 4.19. The van der Waals surface area contributed by atoms with Crippen molar-refractivity contribution in [3.8, 4) is 11.8 Å². The molecule has 1 aromatic carbocycles. The second kappa shape index (κ2) is 8.81. The highest BCUT2D eigenvalue weighted by Gasteiger charge is 2.32. The minimum Gasteiger partial charge on any atom is -0.483 e. The number of benzene rings is 1. The highest BCUT2D eigenvalue weighted by Crippen LogP contribution is 2.44. The second-order valence-corrected chi connectivity index (χ2v) is 10.8. The molecular weight excluding hydrogens is 392 g/mol. The Balaban J connectivity index is 1.72. The summed E-state index contributed by atoms with van der Waals surface area (Å²) in [7, 11) is 0. The number of hydrogen-bond acceptors (Lipinski definition) is 4. The maximum Gasteiger partial charge on any atom is 0.262 e. The van der Waals surface area contributed by atoms with Crippen LogP contribution in [0.4, 0.5) is 5.00 Å². The molecule has 1 N–H and O–H groups in total. The number of nitriles is 1. The molecule has 1 heterocycles. The molecule has 1 aliphatic rings. The van der Waals surface area contributed by atoms with Crippen LogP contribution in [-0.2, 0) is 17.6 Å². The highest BCUT2D eigenvalue weighted by molar-refractivity contribution is 7.16. The number of thiophene rings is 1. The lowest BCUT2D eigenvalue weighted by Gasteiger charge is -2.33. The molecule has 0 radical (unpaired) electrons. The van der Waals surface area contributed by atoms with Crippen LogP contribution in [0.2, 0.25) is 0 Å². The SMILES string of the molecule is Cc1ccc(C(C)C)c(OCC(=O)Nc2sc3c(c2C#N)CC[C@@H](C(C)(C)C)C3)c1. The molecule has 3 rings (SSSR count). The fourth-order valence-corrected chi connectivity index (χ4v) is 5.38. The van der Waals surface area contributed by atoms with E-state index in [0.29, 0.717) is 22.4 Å². The summed E-state index contributed by atoms with van der Waals surface area (Å²) >= 11 is 1.56. The summed E-state index contributed by atoms with van der Waals surface area (Å²) in [5, 5.41) is 13.3. The van der Waals surface area contributed by atoms with E-state index in [-0.39, 0.29) is 17.9 Å². The third-order valence-corrected chi connectivity index (χ3v) is 7.17. The number of nitrogens with one attached hydrogen (secondary N) is 1. The van der Waals surface area contributed by atoms with Crippen molar-refractivity contribution < 1.29 is 9.53 Å². The fourth-order valence-electron chi connectivity index (χ4n) is 4.08. The molecule has 5 heteroatoms. The lowest BCUT2D eigenvalue weighted by Crippen LogP contribution is -2.26. The van der Waals surface area contributed by atoms with Gasteiger partial charge in [0.25, 0.3) is 5.91 Å². The number of anilines is 1. The fraction of sp³-hybridized carbons (Fsp3) is 0.520. The summed E-state index contributed by atoms with van der Waals surface area (Å²) in [6.07, 6.45) is 2.97. The van der Waals surface area contributed by atoms with E-state index >= 15 is 0 Å². The lowest BCUT2D eigenvalue weighted by atomic mass is 9.72. The van der Waals surface area contributed by atoms with Crippen LogP contribution >= 0.6 is 11.3 Å². The summed E-state index contributed by atoms with van der Waals surface area (Å²) in [4.78, 5) is 13.9. The molecule has 1 aliphatic carbocycles. The Morgan fingerprint density at radius 3 is 2.73 bits per heavy atom. The largest absolute Gasteiger partial charge is 0.483 e. The molecule has 0 saturated heterocycles. The standard InChI is InChI=1S/C25H32N2O2S/c1-15(2)18-9-7-16(3)11-21(18)29-14-23(28)27-24-20(13-26)19-10-8-17(25(4,5)6)12-22(19)30-24/h7,9,11,15,17H,8,10,12,14H2,1-6H3,(H,27,28)/t17-/m1/s1. The van der Waals surface area contributed by atoms with Gasteiger partial charge in [-0.15, -0.1) is 11.3 Å². The van der Waals surface area contributed by atoms with Crippen molar-refractivity contribution in [3.63, 3.8) is 0 Å². The third kappa shape index (κ3) is 4.87. The molecule has 2 aromatic rings. The molecule has 0 fully saturated rings. The topological polar surface area (TPSA) is 62.1 Å². The molecule has 0 saturated carbocycles. The van der Waals surface area contributed by atoms with Crippen LogP contribution in [0, 0.1) is 29.6 Å². The van der Waals surface area contributed by atoms with Crippen molar-refractivity contribution in [1.82, 2.24) is 0 Å². The Labute approximate surface area is 184 Å². The normalized spacial score (nSPS) is 16.1. The minimum atomic E-state index is -0.228. The number of aryl methyl sites for hydroxylation is 1. The molecule has 30 heavy (non-hydrogen) atoms. The number of carbonyl (C=O) groups is 1. The Morgan fingerprint density at radius 1 is 1.37 bits per heavy atom. The first-order valence-corrected chi connectivity index (χ1v) is 11.5. The van der Waals surface area contributed by atoms with E-state index in [1.165, 1.54) is 4.88 Å². The number of fused-ring (bicyclic) bond motifs is 1. The molecule has 160 valence electrons. The Bertz CT molecular complexity index is 976. The van der Waals surface area contributed by atoms with E-state index < -0.39 is 0 Å². The number of ether oxygens (including phenoxy) is 1. The van der Waals surface area contributed by atoms with E-state index in [4.69, 9.17) is 4.74 Å². The van der Waals surface area contributed by atoms with Crippen LogP contribution in [0.25, 0.3) is 0 Å². The van der Waals surface area contributed by atoms with Gasteiger partial charge in [-0.1, -0.05) is 46.8 Å². The monoisotopic (exact) mass is 424 g/mol. The Morgan fingerprint density at radius 2 is 2.10 bits per heavy atom. The first-order valence-electron chi connectivity index (χ1n) is 10.7. The molecule has 1 aromatic heterocycles. The lowest BCUT2D eigenvalue weighted by molar-refractivity contribution is -0.118. The van der Waals surface area contributed by atoms with Gasteiger partial charge in [-0.3, -0.25) is 4.79 Å². The average Bonchev–Trinajstić information content (AvgIpc) is 3.01. The van der Waals surface area contributed by atoms with Crippen LogP contribution in [0.15, 0.2) is 18.2 Å². The third-order valence-electron chi connectivity index (χ3n) is 6.00. The predicted molar refractivity (Wildman–Crippen MR) is 123 cm³/mol. The van der Waals surface area contributed by atoms with Gasteiger partial charge in [-0.05, 0) is 66.2 Å². The number of carbonyl (C=O) groups excluding carboxylic acids is 1. The number of amides is 1. The molecule has 0 unspecified atom stereocenters. The summed E-state index contributed by atoms with van der Waals surface area (Å²) in [6, 6.07) is 8.41. The number of rotatable bonds is 5. The van der Waals surface area contributed by atoms with Crippen LogP contribution in [0.5, 0.6) is 5.75 Å². The van der Waals surface area contributed by atoms with Gasteiger partial charge in [0.2, 0.25) is 0 Å². The van der Waals surface area contributed by atoms with Gasteiger partial charge in [-0.25, -0.2) is 0 Å². The van der Waals surface area contributed by atoms with E-state index in [9.17, 15) is 10.1 Å². The van der Waals surface area contributed by atoms with Crippen molar-refractivity contribution in [3.05, 3.63) is 45.3 Å². The Kier molecular flexibility index (Phi) is 6.57. The van der Waals surface area contributed by atoms with Crippen LogP contribution < -0.4 is 10.1 Å². The van der Waals surface area contributed by atoms with Gasteiger partial charge in [0.15, 0.2) is 6.61 Å². The molecule has 1 atom stereocenters. The van der Waals surface area contributed by atoms with Crippen LogP contribution in [-0.4, -0.2) is 12.5 Å². The molecule has 0 spiro atoms. The van der Waals surface area contributed by atoms with E-state index in [1.54, 1.807) is 11.3 Å². The molecule has 0 bridgehead atoms. The quantitative estimate of drug-likeness (QED) is 0.620. The summed E-state index contributed by atoms with van der Waals surface area (Å²) in [5.74, 6) is 1.43. The van der Waals surface area contributed by atoms with Crippen molar-refractivity contribution in [2.24, 2.45) is 11.3 Å². The van der Waals surface area contributed by atoms with E-state index in [0.717, 1.165) is 41.7 Å². The van der Waals surface area contributed by atoms with Crippen LogP contribution in [0.3, 0.4) is 0 Å². The van der Waals surface area contributed by atoms with Gasteiger partial charge in [0, 0.05) is 4.88 Å². The second-order valence-electron chi connectivity index (χ2n) is 9.66. The zero-order valence-corrected chi connectivity index (χ0v) is 19.7. The summed E-state index contributed by atoms with van der Waals surface area (Å²) in [6.45, 7) is 13.0. The van der Waals surface area contributed by atoms with Crippen LogP contribution in [0.1, 0.15) is 74.1 Å². The van der Waals surface area contributed by atoms with Gasteiger partial charge < -0.3 is 10.1 Å². The van der Waals surface area contributed by atoms with Gasteiger partial charge in [0.1, 0.15) is 16.8 Å². The average molecular weight is 425 g/mol.